The Hall–Kier alpha value is -1.59. The van der Waals surface area contributed by atoms with Gasteiger partial charge in [0, 0.05) is 10.9 Å². The average molecular weight is 340 g/mol. The van der Waals surface area contributed by atoms with Crippen molar-refractivity contribution in [3.8, 4) is 0 Å². The third-order valence-electron chi connectivity index (χ3n) is 3.42. The van der Waals surface area contributed by atoms with E-state index >= 15 is 0 Å². The minimum absolute atomic E-state index is 0.0108. The van der Waals surface area contributed by atoms with Crippen molar-refractivity contribution in [1.29, 1.82) is 0 Å². The molecule has 1 aromatic carbocycles. The number of halogens is 1. The number of carbonyl (C=O) groups is 2. The molecule has 2 N–H and O–H groups in total. The van der Waals surface area contributed by atoms with Crippen LogP contribution in [0.15, 0.2) is 24.3 Å². The molecule has 0 aliphatic heterocycles. The largest absolute Gasteiger partial charge is 0.348 e. The molecule has 1 aromatic rings. The summed E-state index contributed by atoms with van der Waals surface area (Å²) in [6.45, 7) is 4.41. The van der Waals surface area contributed by atoms with Gasteiger partial charge in [0.05, 0.1) is 12.6 Å². The molecule has 0 saturated heterocycles. The third kappa shape index (κ3) is 7.48. The van der Waals surface area contributed by atoms with Crippen LogP contribution >= 0.6 is 11.6 Å². The van der Waals surface area contributed by atoms with Crippen molar-refractivity contribution in [2.45, 2.75) is 26.3 Å². The standard InChI is InChI=1S/C17H26ClN3O2/c1-12(2)17(23)19-11-16(22)20-15(9-10-21(3)4)13-5-7-14(18)8-6-13/h5-8,12,15H,9-11H2,1-4H3,(H,19,23)(H,20,22). The molecule has 1 rings (SSSR count). The maximum atomic E-state index is 12.1. The predicted molar refractivity (Wildman–Crippen MR) is 93.4 cm³/mol. The predicted octanol–water partition coefficient (Wildman–Crippen LogP) is 2.22. The summed E-state index contributed by atoms with van der Waals surface area (Å²) in [7, 11) is 3.98. The van der Waals surface area contributed by atoms with E-state index in [1.807, 2.05) is 38.4 Å². The zero-order valence-corrected chi connectivity index (χ0v) is 15.0. The lowest BCUT2D eigenvalue weighted by atomic mass is 10.0. The number of rotatable bonds is 8. The topological polar surface area (TPSA) is 61.4 Å². The maximum absolute atomic E-state index is 12.1. The molecule has 0 aliphatic rings. The Balaban J connectivity index is 2.66. The summed E-state index contributed by atoms with van der Waals surface area (Å²) in [5.41, 5.74) is 1.000. The van der Waals surface area contributed by atoms with Crippen LogP contribution in [0.1, 0.15) is 31.9 Å². The molecule has 0 spiro atoms. The summed E-state index contributed by atoms with van der Waals surface area (Å²) >= 11 is 5.92. The molecule has 0 heterocycles. The summed E-state index contributed by atoms with van der Waals surface area (Å²) in [4.78, 5) is 25.7. The Bertz CT molecular complexity index is 515. The minimum atomic E-state index is -0.197. The number of nitrogens with one attached hydrogen (secondary N) is 2. The van der Waals surface area contributed by atoms with Crippen molar-refractivity contribution in [3.63, 3.8) is 0 Å². The molecule has 0 aliphatic carbocycles. The second-order valence-electron chi connectivity index (χ2n) is 6.14. The molecule has 1 atom stereocenters. The van der Waals surface area contributed by atoms with Gasteiger partial charge in [-0.3, -0.25) is 9.59 Å². The van der Waals surface area contributed by atoms with Gasteiger partial charge in [0.15, 0.2) is 0 Å². The van der Waals surface area contributed by atoms with Gasteiger partial charge in [-0.05, 0) is 44.8 Å². The molecule has 1 unspecified atom stereocenters. The first-order valence-corrected chi connectivity index (χ1v) is 8.14. The maximum Gasteiger partial charge on any atom is 0.239 e. The first-order valence-electron chi connectivity index (χ1n) is 7.77. The summed E-state index contributed by atoms with van der Waals surface area (Å²) in [5, 5.41) is 6.27. The SMILES string of the molecule is CC(C)C(=O)NCC(=O)NC(CCN(C)C)c1ccc(Cl)cc1. The molecule has 0 fully saturated rings. The zero-order chi connectivity index (χ0) is 17.4. The van der Waals surface area contributed by atoms with Crippen molar-refractivity contribution in [2.24, 2.45) is 5.92 Å². The van der Waals surface area contributed by atoms with Crippen molar-refractivity contribution in [1.82, 2.24) is 15.5 Å². The van der Waals surface area contributed by atoms with Crippen LogP contribution in [-0.2, 0) is 9.59 Å². The second-order valence-corrected chi connectivity index (χ2v) is 6.57. The fourth-order valence-electron chi connectivity index (χ4n) is 2.02. The van der Waals surface area contributed by atoms with Crippen LogP contribution in [0, 0.1) is 5.92 Å². The van der Waals surface area contributed by atoms with Gasteiger partial charge >= 0.3 is 0 Å². The van der Waals surface area contributed by atoms with Crippen LogP contribution in [0.5, 0.6) is 0 Å². The Morgan fingerprint density at radius 1 is 1.17 bits per heavy atom. The summed E-state index contributed by atoms with van der Waals surface area (Å²) in [5.74, 6) is -0.460. The van der Waals surface area contributed by atoms with Crippen LogP contribution in [0.4, 0.5) is 0 Å². The van der Waals surface area contributed by atoms with Crippen LogP contribution in [-0.4, -0.2) is 43.9 Å². The highest BCUT2D eigenvalue weighted by atomic mass is 35.5. The molecular formula is C17H26ClN3O2. The van der Waals surface area contributed by atoms with E-state index in [0.29, 0.717) is 5.02 Å². The molecule has 128 valence electrons. The second kappa shape index (κ2) is 9.53. The lowest BCUT2D eigenvalue weighted by Gasteiger charge is -2.21. The van der Waals surface area contributed by atoms with E-state index in [9.17, 15) is 9.59 Å². The van der Waals surface area contributed by atoms with Crippen LogP contribution < -0.4 is 10.6 Å². The Labute approximate surface area is 143 Å². The number of nitrogens with zero attached hydrogens (tertiary/aromatic N) is 1. The summed E-state index contributed by atoms with van der Waals surface area (Å²) in [6, 6.07) is 7.34. The fraction of sp³-hybridized carbons (Fsp3) is 0.529. The molecular weight excluding hydrogens is 314 g/mol. The van der Waals surface area contributed by atoms with Gasteiger partial charge in [-0.1, -0.05) is 37.6 Å². The first-order chi connectivity index (χ1) is 10.8. The minimum Gasteiger partial charge on any atom is -0.348 e. The first kappa shape index (κ1) is 19.5. The van der Waals surface area contributed by atoms with Gasteiger partial charge in [-0.25, -0.2) is 0 Å². The molecule has 5 nitrogen and oxygen atoms in total. The molecule has 23 heavy (non-hydrogen) atoms. The van der Waals surface area contributed by atoms with E-state index in [-0.39, 0.29) is 30.3 Å². The van der Waals surface area contributed by atoms with E-state index in [1.54, 1.807) is 13.8 Å². The highest BCUT2D eigenvalue weighted by Gasteiger charge is 2.16. The third-order valence-corrected chi connectivity index (χ3v) is 3.67. The Morgan fingerprint density at radius 2 is 1.78 bits per heavy atom. The number of benzene rings is 1. The number of carbonyl (C=O) groups excluding carboxylic acids is 2. The molecule has 2 amide bonds. The van der Waals surface area contributed by atoms with Gasteiger partial charge in [-0.15, -0.1) is 0 Å². The highest BCUT2D eigenvalue weighted by molar-refractivity contribution is 6.30. The van der Waals surface area contributed by atoms with Crippen molar-refractivity contribution in [3.05, 3.63) is 34.9 Å². The van der Waals surface area contributed by atoms with Gasteiger partial charge in [0.25, 0.3) is 0 Å². The van der Waals surface area contributed by atoms with Crippen molar-refractivity contribution >= 4 is 23.4 Å². The monoisotopic (exact) mass is 339 g/mol. The smallest absolute Gasteiger partial charge is 0.239 e. The highest BCUT2D eigenvalue weighted by Crippen LogP contribution is 2.19. The van der Waals surface area contributed by atoms with E-state index in [1.165, 1.54) is 0 Å². The normalized spacial score (nSPS) is 12.3. The summed E-state index contributed by atoms with van der Waals surface area (Å²) < 4.78 is 0. The van der Waals surface area contributed by atoms with E-state index < -0.39 is 0 Å². The quantitative estimate of drug-likeness (QED) is 0.763. The van der Waals surface area contributed by atoms with Gasteiger partial charge in [0.2, 0.25) is 11.8 Å². The molecule has 0 radical (unpaired) electrons. The fourth-order valence-corrected chi connectivity index (χ4v) is 2.15. The van der Waals surface area contributed by atoms with Crippen molar-refractivity contribution < 1.29 is 9.59 Å². The van der Waals surface area contributed by atoms with Crippen LogP contribution in [0.3, 0.4) is 0 Å². The Morgan fingerprint density at radius 3 is 2.30 bits per heavy atom. The number of hydrogen-bond donors (Lipinski definition) is 2. The Kier molecular flexibility index (Phi) is 8.06. The van der Waals surface area contributed by atoms with E-state index in [0.717, 1.165) is 18.5 Å². The van der Waals surface area contributed by atoms with Crippen LogP contribution in [0.25, 0.3) is 0 Å². The summed E-state index contributed by atoms with van der Waals surface area (Å²) in [6.07, 6.45) is 0.776. The molecule has 6 heteroatoms. The van der Waals surface area contributed by atoms with Crippen LogP contribution in [0.2, 0.25) is 5.02 Å². The van der Waals surface area contributed by atoms with Gasteiger partial charge in [-0.2, -0.15) is 0 Å². The number of hydrogen-bond acceptors (Lipinski definition) is 3. The molecule has 0 saturated carbocycles. The lowest BCUT2D eigenvalue weighted by Crippen LogP contribution is -2.40. The van der Waals surface area contributed by atoms with Gasteiger partial charge in [0.1, 0.15) is 0 Å². The number of amides is 2. The van der Waals surface area contributed by atoms with E-state index in [4.69, 9.17) is 11.6 Å². The lowest BCUT2D eigenvalue weighted by molar-refractivity contribution is -0.128. The zero-order valence-electron chi connectivity index (χ0n) is 14.2. The van der Waals surface area contributed by atoms with Gasteiger partial charge < -0.3 is 15.5 Å². The average Bonchev–Trinajstić information content (AvgIpc) is 2.49. The molecule has 0 bridgehead atoms. The molecule has 0 aromatic heterocycles. The van der Waals surface area contributed by atoms with E-state index in [2.05, 4.69) is 15.5 Å². The van der Waals surface area contributed by atoms with Crippen molar-refractivity contribution in [2.75, 3.05) is 27.2 Å².